The lowest BCUT2D eigenvalue weighted by Crippen LogP contribution is -2.31. The molecule has 0 atom stereocenters. The number of carbonyl (C=O) groups is 2. The van der Waals surface area contributed by atoms with Crippen molar-refractivity contribution in [3.63, 3.8) is 0 Å². The van der Waals surface area contributed by atoms with Gasteiger partial charge in [0, 0.05) is 33.0 Å². The molecule has 104 valence electrons. The minimum absolute atomic E-state index is 0.0237. The quantitative estimate of drug-likeness (QED) is 0.738. The third kappa shape index (κ3) is 6.62. The maximum Gasteiger partial charge on any atom is 0.222 e. The Morgan fingerprint density at radius 2 is 1.67 bits per heavy atom. The molecule has 1 aliphatic rings. The molecule has 0 aliphatic carbocycles. The molecule has 1 N–H and O–H groups in total. The second-order valence-corrected chi connectivity index (χ2v) is 5.09. The first-order valence-corrected chi connectivity index (χ1v) is 7.22. The Hall–Kier alpha value is -1.06. The normalized spacial score (nSPS) is 16.2. The lowest BCUT2D eigenvalue weighted by atomic mass is 10.1. The molecule has 2 amide bonds. The fourth-order valence-corrected chi connectivity index (χ4v) is 2.32. The maximum absolute atomic E-state index is 11.9. The Bertz CT molecular complexity index is 259. The average Bonchev–Trinajstić information content (AvgIpc) is 2.61. The molecule has 0 aromatic rings. The van der Waals surface area contributed by atoms with Gasteiger partial charge in [-0.25, -0.2) is 0 Å². The van der Waals surface area contributed by atoms with Crippen LogP contribution < -0.4 is 5.32 Å². The van der Waals surface area contributed by atoms with Gasteiger partial charge in [0.1, 0.15) is 0 Å². The van der Waals surface area contributed by atoms with Gasteiger partial charge >= 0.3 is 0 Å². The minimum Gasteiger partial charge on any atom is -0.356 e. The molecule has 1 rings (SSSR count). The highest BCUT2D eigenvalue weighted by Gasteiger charge is 2.14. The smallest absolute Gasteiger partial charge is 0.222 e. The Morgan fingerprint density at radius 1 is 1.00 bits per heavy atom. The van der Waals surface area contributed by atoms with Gasteiger partial charge in [-0.15, -0.1) is 0 Å². The molecule has 1 heterocycles. The second-order valence-electron chi connectivity index (χ2n) is 5.09. The number of likely N-dealkylation sites (tertiary alicyclic amines) is 1. The first kappa shape index (κ1) is 15.0. The molecule has 18 heavy (non-hydrogen) atoms. The number of hydrogen-bond acceptors (Lipinski definition) is 2. The average molecular weight is 254 g/mol. The van der Waals surface area contributed by atoms with Crippen LogP contribution in [0.2, 0.25) is 0 Å². The van der Waals surface area contributed by atoms with Crippen LogP contribution in [0.3, 0.4) is 0 Å². The topological polar surface area (TPSA) is 49.4 Å². The van der Waals surface area contributed by atoms with E-state index in [0.717, 1.165) is 51.7 Å². The van der Waals surface area contributed by atoms with E-state index in [-0.39, 0.29) is 5.91 Å². The zero-order chi connectivity index (χ0) is 13.2. The van der Waals surface area contributed by atoms with Crippen molar-refractivity contribution in [1.29, 1.82) is 0 Å². The first-order valence-electron chi connectivity index (χ1n) is 7.22. The number of hydrogen-bond donors (Lipinski definition) is 1. The van der Waals surface area contributed by atoms with Crippen molar-refractivity contribution in [3.05, 3.63) is 0 Å². The van der Waals surface area contributed by atoms with Crippen molar-refractivity contribution < 1.29 is 9.59 Å². The van der Waals surface area contributed by atoms with Crippen molar-refractivity contribution in [2.75, 3.05) is 19.6 Å². The van der Waals surface area contributed by atoms with Crippen LogP contribution in [-0.4, -0.2) is 36.3 Å². The zero-order valence-corrected chi connectivity index (χ0v) is 11.5. The zero-order valence-electron chi connectivity index (χ0n) is 11.5. The Morgan fingerprint density at radius 3 is 2.28 bits per heavy atom. The molecule has 0 bridgehead atoms. The SMILES string of the molecule is CC(=O)NCCCCCC(=O)N1CCCCCC1. The maximum atomic E-state index is 11.9. The third-order valence-corrected chi connectivity index (χ3v) is 3.40. The molecule has 1 saturated heterocycles. The second kappa shape index (κ2) is 8.95. The lowest BCUT2D eigenvalue weighted by molar-refractivity contribution is -0.131. The number of carbonyl (C=O) groups excluding carboxylic acids is 2. The van der Waals surface area contributed by atoms with Crippen LogP contribution in [-0.2, 0) is 9.59 Å². The molecular weight excluding hydrogens is 228 g/mol. The highest BCUT2D eigenvalue weighted by molar-refractivity contribution is 5.76. The predicted octanol–water partition coefficient (Wildman–Crippen LogP) is 2.09. The van der Waals surface area contributed by atoms with Gasteiger partial charge in [0.2, 0.25) is 11.8 Å². The molecule has 0 unspecified atom stereocenters. The van der Waals surface area contributed by atoms with Crippen LogP contribution in [0.1, 0.15) is 58.3 Å². The highest BCUT2D eigenvalue weighted by Crippen LogP contribution is 2.12. The van der Waals surface area contributed by atoms with E-state index < -0.39 is 0 Å². The van der Waals surface area contributed by atoms with Crippen molar-refractivity contribution in [2.24, 2.45) is 0 Å². The monoisotopic (exact) mass is 254 g/mol. The van der Waals surface area contributed by atoms with Gasteiger partial charge in [-0.1, -0.05) is 19.3 Å². The molecular formula is C14H26N2O2. The number of rotatable bonds is 6. The highest BCUT2D eigenvalue weighted by atomic mass is 16.2. The summed E-state index contributed by atoms with van der Waals surface area (Å²) in [6, 6.07) is 0. The summed E-state index contributed by atoms with van der Waals surface area (Å²) in [6.07, 6.45) is 8.44. The van der Waals surface area contributed by atoms with E-state index in [0.29, 0.717) is 12.3 Å². The molecule has 1 fully saturated rings. The van der Waals surface area contributed by atoms with E-state index >= 15 is 0 Å². The van der Waals surface area contributed by atoms with E-state index in [1.54, 1.807) is 0 Å². The predicted molar refractivity (Wildman–Crippen MR) is 72.2 cm³/mol. The molecule has 0 radical (unpaired) electrons. The summed E-state index contributed by atoms with van der Waals surface area (Å²) in [5, 5.41) is 2.77. The van der Waals surface area contributed by atoms with E-state index in [2.05, 4.69) is 5.32 Å². The summed E-state index contributed by atoms with van der Waals surface area (Å²) in [4.78, 5) is 24.6. The summed E-state index contributed by atoms with van der Waals surface area (Å²) >= 11 is 0. The van der Waals surface area contributed by atoms with E-state index in [1.165, 1.54) is 19.8 Å². The van der Waals surface area contributed by atoms with Gasteiger partial charge in [-0.05, 0) is 25.7 Å². The standard InChI is InChI=1S/C14H26N2O2/c1-13(17)15-10-6-4-5-9-14(18)16-11-7-2-3-8-12-16/h2-12H2,1H3,(H,15,17). The molecule has 4 nitrogen and oxygen atoms in total. The molecule has 0 saturated carbocycles. The van der Waals surface area contributed by atoms with Crippen LogP contribution >= 0.6 is 0 Å². The summed E-state index contributed by atoms with van der Waals surface area (Å²) < 4.78 is 0. The van der Waals surface area contributed by atoms with E-state index in [9.17, 15) is 9.59 Å². The number of unbranched alkanes of at least 4 members (excludes halogenated alkanes) is 2. The summed E-state index contributed by atoms with van der Waals surface area (Å²) in [5.74, 6) is 0.340. The molecule has 0 aromatic carbocycles. The van der Waals surface area contributed by atoms with Gasteiger partial charge in [0.25, 0.3) is 0 Å². The third-order valence-electron chi connectivity index (χ3n) is 3.40. The summed E-state index contributed by atoms with van der Waals surface area (Å²) in [7, 11) is 0. The van der Waals surface area contributed by atoms with Crippen LogP contribution in [0.5, 0.6) is 0 Å². The summed E-state index contributed by atoms with van der Waals surface area (Å²) in [6.45, 7) is 4.16. The van der Waals surface area contributed by atoms with Crippen molar-refractivity contribution in [2.45, 2.75) is 58.3 Å². The molecule has 1 aliphatic heterocycles. The molecule has 0 spiro atoms. The number of nitrogens with zero attached hydrogens (tertiary/aromatic N) is 1. The van der Waals surface area contributed by atoms with Crippen LogP contribution in [0, 0.1) is 0 Å². The van der Waals surface area contributed by atoms with Crippen LogP contribution in [0.15, 0.2) is 0 Å². The van der Waals surface area contributed by atoms with Gasteiger partial charge < -0.3 is 10.2 Å². The van der Waals surface area contributed by atoms with Crippen molar-refractivity contribution in [1.82, 2.24) is 10.2 Å². The van der Waals surface area contributed by atoms with E-state index in [1.807, 2.05) is 4.90 Å². The number of amides is 2. The Kier molecular flexibility index (Phi) is 7.46. The molecule has 4 heteroatoms. The molecule has 0 aromatic heterocycles. The van der Waals surface area contributed by atoms with Crippen molar-refractivity contribution in [3.8, 4) is 0 Å². The minimum atomic E-state index is 0.0237. The Labute approximate surface area is 110 Å². The van der Waals surface area contributed by atoms with Gasteiger partial charge in [0.15, 0.2) is 0 Å². The van der Waals surface area contributed by atoms with Crippen molar-refractivity contribution >= 4 is 11.8 Å². The largest absolute Gasteiger partial charge is 0.356 e. The Balaban J connectivity index is 2.03. The van der Waals surface area contributed by atoms with Gasteiger partial charge in [-0.3, -0.25) is 9.59 Å². The summed E-state index contributed by atoms with van der Waals surface area (Å²) in [5.41, 5.74) is 0. The van der Waals surface area contributed by atoms with Crippen LogP contribution in [0.25, 0.3) is 0 Å². The van der Waals surface area contributed by atoms with E-state index in [4.69, 9.17) is 0 Å². The van der Waals surface area contributed by atoms with Crippen LogP contribution in [0.4, 0.5) is 0 Å². The fourth-order valence-electron chi connectivity index (χ4n) is 2.32. The first-order chi connectivity index (χ1) is 8.70. The van der Waals surface area contributed by atoms with Gasteiger partial charge in [-0.2, -0.15) is 0 Å². The van der Waals surface area contributed by atoms with Gasteiger partial charge in [0.05, 0.1) is 0 Å². The lowest BCUT2D eigenvalue weighted by Gasteiger charge is -2.20. The fraction of sp³-hybridized carbons (Fsp3) is 0.857. The number of nitrogens with one attached hydrogen (secondary N) is 1.